The average Bonchev–Trinajstić information content (AvgIpc) is 2.17. The van der Waals surface area contributed by atoms with Gasteiger partial charge in [0.25, 0.3) is 0 Å². The van der Waals surface area contributed by atoms with E-state index in [1.54, 1.807) is 0 Å². The van der Waals surface area contributed by atoms with Crippen molar-refractivity contribution in [3.63, 3.8) is 0 Å². The lowest BCUT2D eigenvalue weighted by Gasteiger charge is -2.23. The molecule has 5 nitrogen and oxygen atoms in total. The number of nitrogens with one attached hydrogen (secondary N) is 1. The summed E-state index contributed by atoms with van der Waals surface area (Å²) in [6.07, 6.45) is -0.607. The van der Waals surface area contributed by atoms with Crippen molar-refractivity contribution in [3.05, 3.63) is 0 Å². The Bertz CT molecular complexity index is 179. The van der Waals surface area contributed by atoms with Crippen molar-refractivity contribution in [1.29, 1.82) is 0 Å². The Morgan fingerprint density at radius 1 is 1.64 bits per heavy atom. The van der Waals surface area contributed by atoms with Crippen LogP contribution in [0.15, 0.2) is 0 Å². The fourth-order valence-electron chi connectivity index (χ4n) is 0.806. The zero-order chi connectivity index (χ0) is 11.2. The molecule has 4 N–H and O–H groups in total. The molecule has 0 bridgehead atoms. The summed E-state index contributed by atoms with van der Waals surface area (Å²) in [5.74, 6) is -0.239. The number of carbonyl (C=O) groups is 1. The summed E-state index contributed by atoms with van der Waals surface area (Å²) < 4.78 is 4.86. The zero-order valence-electron chi connectivity index (χ0n) is 9.04. The summed E-state index contributed by atoms with van der Waals surface area (Å²) in [6, 6.07) is 0. The standard InChI is InChI=1S/C9H20N2O3/c1-9(2,6-12)5-11-8(13)7(4-10)14-3/h7,12H,4-6,10H2,1-3H3,(H,11,13). The van der Waals surface area contributed by atoms with E-state index in [9.17, 15) is 4.79 Å². The third kappa shape index (κ3) is 4.55. The lowest BCUT2D eigenvalue weighted by Crippen LogP contribution is -2.44. The van der Waals surface area contributed by atoms with Crippen LogP contribution in [0.4, 0.5) is 0 Å². The zero-order valence-corrected chi connectivity index (χ0v) is 9.04. The summed E-state index contributed by atoms with van der Waals surface area (Å²) in [5, 5.41) is 11.6. The minimum atomic E-state index is -0.607. The van der Waals surface area contributed by atoms with Gasteiger partial charge >= 0.3 is 0 Å². The van der Waals surface area contributed by atoms with E-state index in [-0.39, 0.29) is 24.5 Å². The highest BCUT2D eigenvalue weighted by molar-refractivity contribution is 5.81. The third-order valence-corrected chi connectivity index (χ3v) is 1.96. The minimum absolute atomic E-state index is 0.0214. The van der Waals surface area contributed by atoms with Crippen LogP contribution in [0.1, 0.15) is 13.8 Å². The number of rotatable bonds is 6. The smallest absolute Gasteiger partial charge is 0.250 e. The Labute approximate surface area is 84.6 Å². The van der Waals surface area contributed by atoms with Crippen molar-refractivity contribution in [2.75, 3.05) is 26.8 Å². The number of aliphatic hydroxyl groups is 1. The SMILES string of the molecule is COC(CN)C(=O)NCC(C)(C)CO. The predicted octanol–water partition coefficient (Wildman–Crippen LogP) is -0.905. The molecule has 0 aromatic rings. The van der Waals surface area contributed by atoms with E-state index in [1.165, 1.54) is 7.11 Å². The molecule has 0 heterocycles. The maximum Gasteiger partial charge on any atom is 0.250 e. The van der Waals surface area contributed by atoms with Crippen molar-refractivity contribution in [2.45, 2.75) is 20.0 Å². The van der Waals surface area contributed by atoms with Crippen LogP contribution in [0.3, 0.4) is 0 Å². The Balaban J connectivity index is 3.95. The molecule has 14 heavy (non-hydrogen) atoms. The molecule has 0 aromatic carbocycles. The molecule has 0 fully saturated rings. The van der Waals surface area contributed by atoms with Gasteiger partial charge in [-0.1, -0.05) is 13.8 Å². The van der Waals surface area contributed by atoms with E-state index >= 15 is 0 Å². The van der Waals surface area contributed by atoms with Crippen LogP contribution in [0.2, 0.25) is 0 Å². The molecule has 1 unspecified atom stereocenters. The molecule has 0 radical (unpaired) electrons. The van der Waals surface area contributed by atoms with Gasteiger partial charge in [0, 0.05) is 32.2 Å². The number of amides is 1. The van der Waals surface area contributed by atoms with E-state index in [2.05, 4.69) is 5.32 Å². The molecule has 0 rings (SSSR count). The van der Waals surface area contributed by atoms with Crippen LogP contribution in [0.25, 0.3) is 0 Å². The van der Waals surface area contributed by atoms with Gasteiger partial charge in [0.2, 0.25) is 5.91 Å². The van der Waals surface area contributed by atoms with E-state index in [1.807, 2.05) is 13.8 Å². The monoisotopic (exact) mass is 204 g/mol. The molecule has 1 amide bonds. The second-order valence-electron chi connectivity index (χ2n) is 4.00. The van der Waals surface area contributed by atoms with Gasteiger partial charge in [-0.15, -0.1) is 0 Å². The van der Waals surface area contributed by atoms with Gasteiger partial charge < -0.3 is 20.9 Å². The minimum Gasteiger partial charge on any atom is -0.396 e. The third-order valence-electron chi connectivity index (χ3n) is 1.96. The summed E-state index contributed by atoms with van der Waals surface area (Å²) in [7, 11) is 1.44. The number of hydrogen-bond donors (Lipinski definition) is 3. The highest BCUT2D eigenvalue weighted by Crippen LogP contribution is 2.11. The summed E-state index contributed by atoms with van der Waals surface area (Å²) in [4.78, 5) is 11.4. The number of nitrogens with two attached hydrogens (primary N) is 1. The molecule has 0 aliphatic heterocycles. The van der Waals surface area contributed by atoms with Gasteiger partial charge in [-0.25, -0.2) is 0 Å². The summed E-state index contributed by atoms with van der Waals surface area (Å²) in [6.45, 7) is 4.30. The largest absolute Gasteiger partial charge is 0.396 e. The van der Waals surface area contributed by atoms with Gasteiger partial charge in [0.15, 0.2) is 0 Å². The summed E-state index contributed by atoms with van der Waals surface area (Å²) in [5.41, 5.74) is 5.00. The van der Waals surface area contributed by atoms with E-state index in [0.29, 0.717) is 6.54 Å². The molecule has 0 aliphatic carbocycles. The Morgan fingerprint density at radius 2 is 2.21 bits per heavy atom. The first-order valence-corrected chi connectivity index (χ1v) is 4.58. The first-order chi connectivity index (χ1) is 6.46. The van der Waals surface area contributed by atoms with E-state index < -0.39 is 6.10 Å². The van der Waals surface area contributed by atoms with Crippen LogP contribution in [0, 0.1) is 5.41 Å². The molecule has 5 heteroatoms. The van der Waals surface area contributed by atoms with Crippen LogP contribution in [0.5, 0.6) is 0 Å². The van der Waals surface area contributed by atoms with Gasteiger partial charge in [0.05, 0.1) is 0 Å². The molecule has 0 aromatic heterocycles. The lowest BCUT2D eigenvalue weighted by molar-refractivity contribution is -0.131. The number of aliphatic hydroxyl groups excluding tert-OH is 1. The molecular formula is C9H20N2O3. The average molecular weight is 204 g/mol. The van der Waals surface area contributed by atoms with Crippen molar-refractivity contribution < 1.29 is 14.6 Å². The number of methoxy groups -OCH3 is 1. The summed E-state index contributed by atoms with van der Waals surface area (Å²) >= 11 is 0. The normalized spacial score (nSPS) is 13.8. The molecule has 0 spiro atoms. The number of carbonyl (C=O) groups excluding carboxylic acids is 1. The van der Waals surface area contributed by atoms with Crippen LogP contribution >= 0.6 is 0 Å². The van der Waals surface area contributed by atoms with E-state index in [4.69, 9.17) is 15.6 Å². The highest BCUT2D eigenvalue weighted by atomic mass is 16.5. The van der Waals surface area contributed by atoms with Gasteiger partial charge in [-0.2, -0.15) is 0 Å². The molecule has 0 aliphatic rings. The molecule has 0 saturated heterocycles. The fraction of sp³-hybridized carbons (Fsp3) is 0.889. The Morgan fingerprint density at radius 3 is 2.57 bits per heavy atom. The Hall–Kier alpha value is -0.650. The van der Waals surface area contributed by atoms with Gasteiger partial charge in [-0.3, -0.25) is 4.79 Å². The van der Waals surface area contributed by atoms with Crippen LogP contribution in [-0.2, 0) is 9.53 Å². The molecule has 1 atom stereocenters. The van der Waals surface area contributed by atoms with Crippen LogP contribution in [-0.4, -0.2) is 43.9 Å². The molecular weight excluding hydrogens is 184 g/mol. The van der Waals surface area contributed by atoms with Crippen LogP contribution < -0.4 is 11.1 Å². The highest BCUT2D eigenvalue weighted by Gasteiger charge is 2.21. The van der Waals surface area contributed by atoms with Crippen molar-refractivity contribution in [3.8, 4) is 0 Å². The topological polar surface area (TPSA) is 84.6 Å². The maximum absolute atomic E-state index is 11.4. The molecule has 0 saturated carbocycles. The van der Waals surface area contributed by atoms with Crippen molar-refractivity contribution in [1.82, 2.24) is 5.32 Å². The first kappa shape index (κ1) is 13.4. The number of ether oxygens (including phenoxy) is 1. The Kier molecular flexibility index (Phi) is 5.68. The quantitative estimate of drug-likeness (QED) is 0.523. The van der Waals surface area contributed by atoms with Gasteiger partial charge in [0.1, 0.15) is 6.10 Å². The van der Waals surface area contributed by atoms with Gasteiger partial charge in [-0.05, 0) is 0 Å². The van der Waals surface area contributed by atoms with Crippen molar-refractivity contribution >= 4 is 5.91 Å². The lowest BCUT2D eigenvalue weighted by atomic mass is 9.95. The van der Waals surface area contributed by atoms with Crippen molar-refractivity contribution in [2.24, 2.45) is 11.1 Å². The second-order valence-corrected chi connectivity index (χ2v) is 4.00. The molecule has 84 valence electrons. The predicted molar refractivity (Wildman–Crippen MR) is 53.7 cm³/mol. The number of hydrogen-bond acceptors (Lipinski definition) is 4. The first-order valence-electron chi connectivity index (χ1n) is 4.58. The maximum atomic E-state index is 11.4. The second kappa shape index (κ2) is 5.95. The van der Waals surface area contributed by atoms with E-state index in [0.717, 1.165) is 0 Å². The fourth-order valence-corrected chi connectivity index (χ4v) is 0.806.